The molecular weight excluding hydrogens is 246 g/mol. The summed E-state index contributed by atoms with van der Waals surface area (Å²) in [6, 6.07) is 0. The average molecular weight is 270 g/mol. The van der Waals surface area contributed by atoms with E-state index in [2.05, 4.69) is 42.5 Å². The number of hydrogen-bond acceptors (Lipinski definition) is 2. The zero-order chi connectivity index (χ0) is 13.3. The molecular formula is C14H24ClN3. The number of nitrogens with zero attached hydrogens (tertiary/aromatic N) is 3. The van der Waals surface area contributed by atoms with E-state index in [-0.39, 0.29) is 5.41 Å². The van der Waals surface area contributed by atoms with Crippen molar-refractivity contribution in [3.8, 4) is 0 Å². The minimum Gasteiger partial charge on any atom is -0.301 e. The van der Waals surface area contributed by atoms with Gasteiger partial charge in [0.2, 0.25) is 5.28 Å². The van der Waals surface area contributed by atoms with Gasteiger partial charge in [0.05, 0.1) is 0 Å². The molecule has 0 bridgehead atoms. The molecule has 0 amide bonds. The second-order valence-electron chi connectivity index (χ2n) is 6.79. The van der Waals surface area contributed by atoms with E-state index in [4.69, 9.17) is 11.6 Å². The van der Waals surface area contributed by atoms with Crippen LogP contribution in [-0.2, 0) is 12.0 Å². The lowest BCUT2D eigenvalue weighted by molar-refractivity contribution is 0.252. The fraction of sp³-hybridized carbons (Fsp3) is 0.857. The molecule has 1 aromatic heterocycles. The number of aromatic nitrogens is 3. The first-order chi connectivity index (χ1) is 8.38. The fourth-order valence-corrected chi connectivity index (χ4v) is 3.17. The van der Waals surface area contributed by atoms with Gasteiger partial charge in [0.15, 0.2) is 0 Å². The highest BCUT2D eigenvalue weighted by atomic mass is 35.5. The summed E-state index contributed by atoms with van der Waals surface area (Å²) >= 11 is 6.20. The minimum absolute atomic E-state index is 0.000420. The van der Waals surface area contributed by atoms with Gasteiger partial charge in [-0.2, -0.15) is 0 Å². The van der Waals surface area contributed by atoms with Crippen LogP contribution in [0.4, 0.5) is 0 Å². The van der Waals surface area contributed by atoms with E-state index in [1.807, 2.05) is 0 Å². The highest BCUT2D eigenvalue weighted by molar-refractivity contribution is 6.28. The summed E-state index contributed by atoms with van der Waals surface area (Å²) in [6.07, 6.45) is 5.33. The summed E-state index contributed by atoms with van der Waals surface area (Å²) in [7, 11) is 0. The Balaban J connectivity index is 2.15. The van der Waals surface area contributed by atoms with Crippen LogP contribution in [0.25, 0.3) is 0 Å². The SMILES string of the molecule is CC1CCCC(Cn2c(Cl)nnc2C(C)(C)C)C1. The molecule has 0 saturated heterocycles. The second kappa shape index (κ2) is 5.20. The fourth-order valence-electron chi connectivity index (χ4n) is 2.98. The third kappa shape index (κ3) is 3.05. The molecule has 3 nitrogen and oxygen atoms in total. The molecule has 1 saturated carbocycles. The Morgan fingerprint density at radius 3 is 2.61 bits per heavy atom. The van der Waals surface area contributed by atoms with Crippen molar-refractivity contribution in [2.75, 3.05) is 0 Å². The molecule has 1 aromatic rings. The van der Waals surface area contributed by atoms with Crippen LogP contribution in [0.2, 0.25) is 5.28 Å². The molecule has 1 aliphatic rings. The van der Waals surface area contributed by atoms with Crippen LogP contribution < -0.4 is 0 Å². The first-order valence-electron chi connectivity index (χ1n) is 6.97. The van der Waals surface area contributed by atoms with Crippen molar-refractivity contribution >= 4 is 11.6 Å². The van der Waals surface area contributed by atoms with E-state index >= 15 is 0 Å². The number of rotatable bonds is 2. The van der Waals surface area contributed by atoms with Crippen LogP contribution in [0.1, 0.15) is 59.2 Å². The number of hydrogen-bond donors (Lipinski definition) is 0. The number of halogens is 1. The van der Waals surface area contributed by atoms with Gasteiger partial charge in [0, 0.05) is 12.0 Å². The van der Waals surface area contributed by atoms with Crippen LogP contribution in [0.3, 0.4) is 0 Å². The van der Waals surface area contributed by atoms with Crippen LogP contribution in [-0.4, -0.2) is 14.8 Å². The summed E-state index contributed by atoms with van der Waals surface area (Å²) in [5.41, 5.74) is 0.000420. The predicted molar refractivity (Wildman–Crippen MR) is 74.9 cm³/mol. The lowest BCUT2D eigenvalue weighted by Gasteiger charge is -2.28. The Morgan fingerprint density at radius 2 is 2.00 bits per heavy atom. The van der Waals surface area contributed by atoms with E-state index in [1.165, 1.54) is 25.7 Å². The molecule has 1 fully saturated rings. The van der Waals surface area contributed by atoms with Gasteiger partial charge in [-0.05, 0) is 36.3 Å². The van der Waals surface area contributed by atoms with Gasteiger partial charge in [-0.3, -0.25) is 0 Å². The summed E-state index contributed by atoms with van der Waals surface area (Å²) in [6.45, 7) is 9.81. The molecule has 2 atom stereocenters. The Kier molecular flexibility index (Phi) is 4.00. The molecule has 0 spiro atoms. The summed E-state index contributed by atoms with van der Waals surface area (Å²) in [5, 5.41) is 8.84. The molecule has 0 radical (unpaired) electrons. The van der Waals surface area contributed by atoms with Gasteiger partial charge in [-0.1, -0.05) is 40.5 Å². The molecule has 0 aliphatic heterocycles. The van der Waals surface area contributed by atoms with E-state index in [0.29, 0.717) is 5.28 Å². The molecule has 18 heavy (non-hydrogen) atoms. The largest absolute Gasteiger partial charge is 0.301 e. The minimum atomic E-state index is 0.000420. The second-order valence-corrected chi connectivity index (χ2v) is 7.13. The van der Waals surface area contributed by atoms with Crippen molar-refractivity contribution in [1.29, 1.82) is 0 Å². The zero-order valence-electron chi connectivity index (χ0n) is 11.9. The van der Waals surface area contributed by atoms with Gasteiger partial charge in [0.25, 0.3) is 0 Å². The Hall–Kier alpha value is -0.570. The van der Waals surface area contributed by atoms with E-state index in [9.17, 15) is 0 Å². The lowest BCUT2D eigenvalue weighted by Crippen LogP contribution is -2.24. The smallest absolute Gasteiger partial charge is 0.225 e. The highest BCUT2D eigenvalue weighted by Crippen LogP contribution is 2.32. The predicted octanol–water partition coefficient (Wildman–Crippen LogP) is 4.06. The van der Waals surface area contributed by atoms with Gasteiger partial charge in [0.1, 0.15) is 5.82 Å². The van der Waals surface area contributed by atoms with Crippen molar-refractivity contribution < 1.29 is 0 Å². The van der Waals surface area contributed by atoms with E-state index in [0.717, 1.165) is 24.2 Å². The van der Waals surface area contributed by atoms with Crippen molar-refractivity contribution in [3.05, 3.63) is 11.1 Å². The third-order valence-corrected chi connectivity index (χ3v) is 4.14. The standard InChI is InChI=1S/C14H24ClN3/c1-10-6-5-7-11(8-10)9-18-12(14(2,3)4)16-17-13(18)15/h10-11H,5-9H2,1-4H3. The molecule has 102 valence electrons. The van der Waals surface area contributed by atoms with Crippen LogP contribution in [0.5, 0.6) is 0 Å². The van der Waals surface area contributed by atoms with Gasteiger partial charge >= 0.3 is 0 Å². The van der Waals surface area contributed by atoms with Crippen molar-refractivity contribution in [3.63, 3.8) is 0 Å². The maximum absolute atomic E-state index is 6.20. The summed E-state index contributed by atoms with van der Waals surface area (Å²) in [5.74, 6) is 2.58. The quantitative estimate of drug-likeness (QED) is 0.811. The monoisotopic (exact) mass is 269 g/mol. The molecule has 0 N–H and O–H groups in total. The first-order valence-corrected chi connectivity index (χ1v) is 7.35. The Labute approximate surface area is 115 Å². The Morgan fingerprint density at radius 1 is 1.28 bits per heavy atom. The maximum atomic E-state index is 6.20. The van der Waals surface area contributed by atoms with Crippen LogP contribution in [0.15, 0.2) is 0 Å². The van der Waals surface area contributed by atoms with Gasteiger partial charge < -0.3 is 4.57 Å². The molecule has 2 rings (SSSR count). The third-order valence-electron chi connectivity index (χ3n) is 3.86. The topological polar surface area (TPSA) is 30.7 Å². The molecule has 2 unspecified atom stereocenters. The van der Waals surface area contributed by atoms with E-state index < -0.39 is 0 Å². The lowest BCUT2D eigenvalue weighted by atomic mass is 9.82. The highest BCUT2D eigenvalue weighted by Gasteiger charge is 2.26. The summed E-state index contributed by atoms with van der Waals surface area (Å²) < 4.78 is 2.12. The van der Waals surface area contributed by atoms with Crippen molar-refractivity contribution in [1.82, 2.24) is 14.8 Å². The molecule has 1 heterocycles. The molecule has 4 heteroatoms. The molecule has 0 aromatic carbocycles. The van der Waals surface area contributed by atoms with Crippen molar-refractivity contribution in [2.24, 2.45) is 11.8 Å². The average Bonchev–Trinajstić information content (AvgIpc) is 2.60. The van der Waals surface area contributed by atoms with Crippen LogP contribution in [0, 0.1) is 11.8 Å². The van der Waals surface area contributed by atoms with E-state index in [1.54, 1.807) is 0 Å². The maximum Gasteiger partial charge on any atom is 0.225 e. The Bertz CT molecular complexity index is 406. The van der Waals surface area contributed by atoms with Gasteiger partial charge in [-0.15, -0.1) is 10.2 Å². The summed E-state index contributed by atoms with van der Waals surface area (Å²) in [4.78, 5) is 0. The van der Waals surface area contributed by atoms with Crippen molar-refractivity contribution in [2.45, 2.75) is 65.3 Å². The zero-order valence-corrected chi connectivity index (χ0v) is 12.7. The molecule has 1 aliphatic carbocycles. The first kappa shape index (κ1) is 13.9. The van der Waals surface area contributed by atoms with Gasteiger partial charge in [-0.25, -0.2) is 0 Å². The normalized spacial score (nSPS) is 25.4. The van der Waals surface area contributed by atoms with Crippen LogP contribution >= 0.6 is 11.6 Å².